The summed E-state index contributed by atoms with van der Waals surface area (Å²) >= 11 is 0. The van der Waals surface area contributed by atoms with Crippen LogP contribution in [0.2, 0.25) is 0 Å². The lowest BCUT2D eigenvalue weighted by Crippen LogP contribution is -2.40. The van der Waals surface area contributed by atoms with Crippen LogP contribution < -0.4 is 9.88 Å². The summed E-state index contributed by atoms with van der Waals surface area (Å²) in [6.07, 6.45) is 1.98. The van der Waals surface area contributed by atoms with Gasteiger partial charge in [0.25, 0.3) is 5.91 Å². The zero-order chi connectivity index (χ0) is 17.5. The molecule has 2 heterocycles. The molecule has 1 amide bonds. The van der Waals surface area contributed by atoms with E-state index < -0.39 is 10.0 Å². The van der Waals surface area contributed by atoms with Crippen molar-refractivity contribution in [3.63, 3.8) is 0 Å². The van der Waals surface area contributed by atoms with Gasteiger partial charge in [0.15, 0.2) is 0 Å². The van der Waals surface area contributed by atoms with Crippen LogP contribution in [0.4, 0.5) is 0 Å². The molecule has 1 aromatic carbocycles. The van der Waals surface area contributed by atoms with Crippen molar-refractivity contribution >= 4 is 15.9 Å². The van der Waals surface area contributed by atoms with Crippen LogP contribution in [0.1, 0.15) is 29.0 Å². The van der Waals surface area contributed by atoms with Gasteiger partial charge in [-0.3, -0.25) is 4.79 Å². The third-order valence-electron chi connectivity index (χ3n) is 4.33. The highest BCUT2D eigenvalue weighted by Gasteiger charge is 2.30. The molecule has 0 fully saturated rings. The van der Waals surface area contributed by atoms with Crippen LogP contribution in [0.5, 0.6) is 5.75 Å². The number of methoxy groups -OCH3 is 1. The number of nitrogens with zero attached hydrogens (tertiary/aromatic N) is 2. The number of fused-ring (bicyclic) bond motifs is 1. The Bertz CT molecular complexity index is 888. The molecule has 0 aliphatic carbocycles. The second-order valence-corrected chi connectivity index (χ2v) is 7.27. The normalized spacial score (nSPS) is 17.5. The maximum atomic E-state index is 13.0. The predicted octanol–water partition coefficient (Wildman–Crippen LogP) is 1.36. The molecule has 0 bridgehead atoms. The first kappa shape index (κ1) is 16.5. The number of aromatic nitrogens is 1. The van der Waals surface area contributed by atoms with E-state index in [0.717, 1.165) is 5.69 Å². The van der Waals surface area contributed by atoms with Gasteiger partial charge in [0.2, 0.25) is 10.0 Å². The van der Waals surface area contributed by atoms with Crippen molar-refractivity contribution in [1.29, 1.82) is 0 Å². The van der Waals surface area contributed by atoms with Crippen molar-refractivity contribution in [2.45, 2.75) is 24.4 Å². The first-order valence-electron chi connectivity index (χ1n) is 7.50. The van der Waals surface area contributed by atoms with Crippen molar-refractivity contribution in [2.75, 3.05) is 13.7 Å². The summed E-state index contributed by atoms with van der Waals surface area (Å²) in [7, 11) is -2.46. The van der Waals surface area contributed by atoms with Gasteiger partial charge in [0.05, 0.1) is 23.6 Å². The monoisotopic (exact) mass is 349 g/mol. The molecule has 1 aliphatic rings. The van der Waals surface area contributed by atoms with Crippen LogP contribution in [-0.2, 0) is 16.6 Å². The molecular weight excluding hydrogens is 330 g/mol. The zero-order valence-electron chi connectivity index (χ0n) is 13.5. The van der Waals surface area contributed by atoms with Gasteiger partial charge in [-0.15, -0.1) is 0 Å². The Morgan fingerprint density at radius 3 is 2.71 bits per heavy atom. The molecule has 0 radical (unpaired) electrons. The Kier molecular flexibility index (Phi) is 4.10. The average molecular weight is 349 g/mol. The van der Waals surface area contributed by atoms with Gasteiger partial charge >= 0.3 is 0 Å². The number of carbonyl (C=O) groups is 1. The van der Waals surface area contributed by atoms with Crippen LogP contribution >= 0.6 is 0 Å². The molecule has 128 valence electrons. The summed E-state index contributed by atoms with van der Waals surface area (Å²) in [6.45, 7) is 3.17. The van der Waals surface area contributed by atoms with Gasteiger partial charge in [0, 0.05) is 25.0 Å². The third kappa shape index (κ3) is 2.78. The van der Waals surface area contributed by atoms with E-state index in [4.69, 9.17) is 9.88 Å². The van der Waals surface area contributed by atoms with E-state index in [-0.39, 0.29) is 22.4 Å². The molecule has 3 rings (SSSR count). The predicted molar refractivity (Wildman–Crippen MR) is 88.3 cm³/mol. The maximum absolute atomic E-state index is 13.0. The Morgan fingerprint density at radius 1 is 1.29 bits per heavy atom. The number of nitrogens with two attached hydrogens (primary N) is 1. The standard InChI is InChI=1S/C16H19N3O4S/c1-11-14-4-3-7-18(14)8-9-19(11)16(20)13-10-12(24(17,21)22)5-6-15(13)23-2/h3-7,10-11H,8-9H2,1-2H3,(H2,17,21,22). The van der Waals surface area contributed by atoms with Crippen LogP contribution in [-0.4, -0.2) is 37.4 Å². The number of ether oxygens (including phenoxy) is 1. The van der Waals surface area contributed by atoms with Crippen molar-refractivity contribution < 1.29 is 17.9 Å². The fraction of sp³-hybridized carbons (Fsp3) is 0.312. The van der Waals surface area contributed by atoms with Gasteiger partial charge in [-0.1, -0.05) is 0 Å². The minimum Gasteiger partial charge on any atom is -0.496 e. The molecule has 2 N–H and O–H groups in total. The first-order chi connectivity index (χ1) is 11.3. The number of amides is 1. The molecule has 24 heavy (non-hydrogen) atoms. The van der Waals surface area contributed by atoms with Crippen LogP contribution in [0.3, 0.4) is 0 Å². The molecule has 2 aromatic rings. The lowest BCUT2D eigenvalue weighted by molar-refractivity contribution is 0.0640. The molecule has 1 aromatic heterocycles. The summed E-state index contributed by atoms with van der Waals surface area (Å²) in [6, 6.07) is 7.85. The Morgan fingerprint density at radius 2 is 2.04 bits per heavy atom. The smallest absolute Gasteiger partial charge is 0.258 e. The van der Waals surface area contributed by atoms with Gasteiger partial charge in [-0.25, -0.2) is 13.6 Å². The minimum absolute atomic E-state index is 0.111. The highest BCUT2D eigenvalue weighted by atomic mass is 32.2. The van der Waals surface area contributed by atoms with Gasteiger partial charge in [-0.2, -0.15) is 0 Å². The maximum Gasteiger partial charge on any atom is 0.258 e. The molecule has 1 unspecified atom stereocenters. The van der Waals surface area contributed by atoms with Crippen LogP contribution in [0.25, 0.3) is 0 Å². The molecular formula is C16H19N3O4S. The topological polar surface area (TPSA) is 94.6 Å². The Labute approximate surface area is 140 Å². The van der Waals surface area contributed by atoms with Gasteiger partial charge < -0.3 is 14.2 Å². The number of hydrogen-bond acceptors (Lipinski definition) is 4. The van der Waals surface area contributed by atoms with Crippen molar-refractivity contribution in [3.05, 3.63) is 47.8 Å². The number of hydrogen-bond donors (Lipinski definition) is 1. The van der Waals surface area contributed by atoms with Crippen molar-refractivity contribution in [1.82, 2.24) is 9.47 Å². The molecule has 0 spiro atoms. The summed E-state index contributed by atoms with van der Waals surface area (Å²) in [5, 5.41) is 5.18. The molecule has 0 saturated carbocycles. The first-order valence-corrected chi connectivity index (χ1v) is 9.04. The minimum atomic E-state index is -3.90. The second-order valence-electron chi connectivity index (χ2n) is 5.71. The van der Waals surface area contributed by atoms with E-state index in [9.17, 15) is 13.2 Å². The number of primary sulfonamides is 1. The largest absolute Gasteiger partial charge is 0.496 e. The molecule has 1 atom stereocenters. The lowest BCUT2D eigenvalue weighted by Gasteiger charge is -2.35. The summed E-state index contributed by atoms with van der Waals surface area (Å²) in [4.78, 5) is 14.6. The molecule has 8 heteroatoms. The lowest BCUT2D eigenvalue weighted by atomic mass is 10.1. The summed E-state index contributed by atoms with van der Waals surface area (Å²) in [5.74, 6) is 0.0397. The molecule has 7 nitrogen and oxygen atoms in total. The fourth-order valence-corrected chi connectivity index (χ4v) is 3.58. The van der Waals surface area contributed by atoms with E-state index in [1.54, 1.807) is 4.90 Å². The van der Waals surface area contributed by atoms with Crippen molar-refractivity contribution in [3.8, 4) is 5.75 Å². The Hall–Kier alpha value is -2.32. The van der Waals surface area contributed by atoms with Gasteiger partial charge in [-0.05, 0) is 37.3 Å². The number of carbonyl (C=O) groups excluding carboxylic acids is 1. The summed E-state index contributed by atoms with van der Waals surface area (Å²) < 4.78 is 30.5. The van der Waals surface area contributed by atoms with Crippen LogP contribution in [0, 0.1) is 0 Å². The van der Waals surface area contributed by atoms with Crippen LogP contribution in [0.15, 0.2) is 41.4 Å². The summed E-state index contributed by atoms with van der Waals surface area (Å²) in [5.41, 5.74) is 1.23. The quantitative estimate of drug-likeness (QED) is 0.905. The number of rotatable bonds is 3. The number of benzene rings is 1. The van der Waals surface area contributed by atoms with E-state index in [1.807, 2.05) is 25.3 Å². The molecule has 1 aliphatic heterocycles. The van der Waals surface area contributed by atoms with E-state index in [0.29, 0.717) is 18.8 Å². The average Bonchev–Trinajstić information content (AvgIpc) is 3.02. The Balaban J connectivity index is 2.01. The second kappa shape index (κ2) is 5.95. The highest BCUT2D eigenvalue weighted by Crippen LogP contribution is 2.30. The van der Waals surface area contributed by atoms with E-state index in [2.05, 4.69) is 4.57 Å². The van der Waals surface area contributed by atoms with E-state index >= 15 is 0 Å². The van der Waals surface area contributed by atoms with Crippen molar-refractivity contribution in [2.24, 2.45) is 5.14 Å². The molecule has 0 saturated heterocycles. The zero-order valence-corrected chi connectivity index (χ0v) is 14.3. The van der Waals surface area contributed by atoms with E-state index in [1.165, 1.54) is 25.3 Å². The fourth-order valence-electron chi connectivity index (χ4n) is 3.04. The number of sulfonamides is 1. The van der Waals surface area contributed by atoms with Gasteiger partial charge in [0.1, 0.15) is 5.75 Å². The highest BCUT2D eigenvalue weighted by molar-refractivity contribution is 7.89. The SMILES string of the molecule is COc1ccc(S(N)(=O)=O)cc1C(=O)N1CCn2cccc2C1C. The third-order valence-corrected chi connectivity index (χ3v) is 5.24.